The van der Waals surface area contributed by atoms with Gasteiger partial charge in [-0.1, -0.05) is 17.7 Å². The van der Waals surface area contributed by atoms with E-state index < -0.39 is 5.60 Å². The van der Waals surface area contributed by atoms with Crippen molar-refractivity contribution < 1.29 is 9.84 Å². The number of aromatic nitrogens is 5. The molecule has 0 aliphatic heterocycles. The van der Waals surface area contributed by atoms with Crippen LogP contribution in [0.5, 0.6) is 5.75 Å². The molecule has 0 amide bonds. The summed E-state index contributed by atoms with van der Waals surface area (Å²) >= 11 is 6.59. The molecule has 8 nitrogen and oxygen atoms in total. The number of nitrogens with zero attached hydrogens (tertiary/aromatic N) is 4. The van der Waals surface area contributed by atoms with E-state index in [1.807, 2.05) is 25.1 Å². The van der Waals surface area contributed by atoms with Crippen molar-refractivity contribution in [2.45, 2.75) is 32.8 Å². The van der Waals surface area contributed by atoms with Gasteiger partial charge in [-0.3, -0.25) is 4.98 Å². The molecule has 166 valence electrons. The third-order valence-corrected chi connectivity index (χ3v) is 5.74. The van der Waals surface area contributed by atoms with Crippen LogP contribution in [0.1, 0.15) is 30.7 Å². The van der Waals surface area contributed by atoms with Crippen LogP contribution in [0.25, 0.3) is 22.3 Å². The normalized spacial score (nSPS) is 11.7. The molecule has 4 rings (SSSR count). The molecular formula is C23H25ClN6O2. The van der Waals surface area contributed by atoms with Gasteiger partial charge in [0.25, 0.3) is 0 Å². The number of halogens is 1. The Morgan fingerprint density at radius 2 is 2.00 bits per heavy atom. The van der Waals surface area contributed by atoms with E-state index in [0.29, 0.717) is 35.1 Å². The Balaban J connectivity index is 1.63. The van der Waals surface area contributed by atoms with Crippen molar-refractivity contribution in [1.29, 1.82) is 0 Å². The first-order valence-electron chi connectivity index (χ1n) is 10.2. The number of pyridine rings is 1. The smallest absolute Gasteiger partial charge is 0.182 e. The van der Waals surface area contributed by atoms with Crippen molar-refractivity contribution in [2.24, 2.45) is 0 Å². The van der Waals surface area contributed by atoms with E-state index in [1.54, 1.807) is 33.5 Å². The number of hydrogen-bond donors (Lipinski definition) is 3. The number of rotatable bonds is 7. The van der Waals surface area contributed by atoms with Crippen molar-refractivity contribution in [3.63, 3.8) is 0 Å². The molecule has 3 N–H and O–H groups in total. The average Bonchev–Trinajstić information content (AvgIpc) is 3.25. The lowest BCUT2D eigenvalue weighted by Gasteiger charge is -2.20. The summed E-state index contributed by atoms with van der Waals surface area (Å²) in [5, 5.41) is 14.2. The zero-order valence-corrected chi connectivity index (χ0v) is 19.2. The van der Waals surface area contributed by atoms with Crippen molar-refractivity contribution in [3.05, 3.63) is 58.9 Å². The lowest BCUT2D eigenvalue weighted by Crippen LogP contribution is -2.17. The number of benzene rings is 1. The first-order chi connectivity index (χ1) is 15.3. The van der Waals surface area contributed by atoms with Crippen molar-refractivity contribution in [3.8, 4) is 16.9 Å². The number of methoxy groups -OCH3 is 1. The first-order valence-corrected chi connectivity index (χ1v) is 10.6. The highest BCUT2D eigenvalue weighted by Gasteiger charge is 2.20. The van der Waals surface area contributed by atoms with Crippen LogP contribution in [0.2, 0.25) is 5.02 Å². The maximum absolute atomic E-state index is 10.2. The fourth-order valence-electron chi connectivity index (χ4n) is 3.66. The molecule has 0 fully saturated rings. The maximum atomic E-state index is 10.2. The lowest BCUT2D eigenvalue weighted by molar-refractivity contribution is 0.0739. The summed E-state index contributed by atoms with van der Waals surface area (Å²) in [6.45, 7) is 5.98. The minimum atomic E-state index is -1.01. The predicted octanol–water partition coefficient (Wildman–Crippen LogP) is 4.27. The molecule has 0 aliphatic rings. The summed E-state index contributed by atoms with van der Waals surface area (Å²) in [5.74, 6) is 1.44. The Kier molecular flexibility index (Phi) is 5.99. The summed E-state index contributed by atoms with van der Waals surface area (Å²) in [7, 11) is 1.65. The minimum Gasteiger partial charge on any atom is -0.496 e. The Hall–Kier alpha value is -3.23. The number of anilines is 1. The third kappa shape index (κ3) is 4.24. The van der Waals surface area contributed by atoms with E-state index in [2.05, 4.69) is 30.2 Å². The predicted molar refractivity (Wildman–Crippen MR) is 125 cm³/mol. The Bertz CT molecular complexity index is 1250. The zero-order valence-electron chi connectivity index (χ0n) is 18.4. The summed E-state index contributed by atoms with van der Waals surface area (Å²) < 4.78 is 5.82. The molecule has 3 aromatic heterocycles. The first kappa shape index (κ1) is 22.0. The van der Waals surface area contributed by atoms with Gasteiger partial charge in [0.15, 0.2) is 11.5 Å². The van der Waals surface area contributed by atoms with Crippen LogP contribution in [0.4, 0.5) is 5.82 Å². The van der Waals surface area contributed by atoms with E-state index in [4.69, 9.17) is 16.3 Å². The molecule has 0 bridgehead atoms. The molecule has 0 radical (unpaired) electrons. The van der Waals surface area contributed by atoms with E-state index >= 15 is 0 Å². The van der Waals surface area contributed by atoms with Crippen LogP contribution in [-0.4, -0.2) is 43.7 Å². The average molecular weight is 453 g/mol. The lowest BCUT2D eigenvalue weighted by atomic mass is 9.95. The van der Waals surface area contributed by atoms with Crippen molar-refractivity contribution in [2.75, 3.05) is 19.0 Å². The van der Waals surface area contributed by atoms with E-state index in [-0.39, 0.29) is 0 Å². The van der Waals surface area contributed by atoms with Gasteiger partial charge in [0.05, 0.1) is 19.1 Å². The molecule has 0 aliphatic carbocycles. The Morgan fingerprint density at radius 1 is 1.19 bits per heavy atom. The molecule has 0 saturated heterocycles. The Labute approximate surface area is 191 Å². The maximum Gasteiger partial charge on any atom is 0.182 e. The van der Waals surface area contributed by atoms with E-state index in [9.17, 15) is 5.11 Å². The molecule has 1 aromatic carbocycles. The zero-order chi connectivity index (χ0) is 22.9. The molecule has 4 aromatic rings. The number of hydrogen-bond acceptors (Lipinski definition) is 7. The molecule has 32 heavy (non-hydrogen) atoms. The van der Waals surface area contributed by atoms with Crippen LogP contribution in [0.3, 0.4) is 0 Å². The summed E-state index contributed by atoms with van der Waals surface area (Å²) in [6, 6.07) is 5.69. The number of nitrogens with one attached hydrogen (secondary N) is 2. The molecule has 3 heterocycles. The number of aliphatic hydroxyl groups is 1. The highest BCUT2D eigenvalue weighted by Crippen LogP contribution is 2.40. The summed E-state index contributed by atoms with van der Waals surface area (Å²) in [4.78, 5) is 20.1. The SMILES string of the molecule is COc1c(CCNc2ncnc3nc[nH]c23)cc(Cl)c(C)c1-c1ccc(C(C)(C)O)nc1. The van der Waals surface area contributed by atoms with Crippen LogP contribution < -0.4 is 10.1 Å². The second-order valence-electron chi connectivity index (χ2n) is 8.04. The molecule has 0 unspecified atom stereocenters. The Morgan fingerprint density at radius 3 is 2.69 bits per heavy atom. The fraction of sp³-hybridized carbons (Fsp3) is 0.304. The minimum absolute atomic E-state index is 0.597. The van der Waals surface area contributed by atoms with E-state index in [1.165, 1.54) is 6.33 Å². The van der Waals surface area contributed by atoms with Gasteiger partial charge in [-0.2, -0.15) is 0 Å². The number of imidazole rings is 1. The van der Waals surface area contributed by atoms with Crippen LogP contribution in [0.15, 0.2) is 37.1 Å². The molecule has 9 heteroatoms. The molecular weight excluding hydrogens is 428 g/mol. The van der Waals surface area contributed by atoms with Gasteiger partial charge < -0.3 is 20.1 Å². The van der Waals surface area contributed by atoms with Gasteiger partial charge in [0.2, 0.25) is 0 Å². The molecule has 0 atom stereocenters. The molecule has 0 spiro atoms. The van der Waals surface area contributed by atoms with E-state index in [0.717, 1.165) is 33.5 Å². The number of ether oxygens (including phenoxy) is 1. The van der Waals surface area contributed by atoms with Gasteiger partial charge in [-0.15, -0.1) is 0 Å². The quantitative estimate of drug-likeness (QED) is 0.384. The van der Waals surface area contributed by atoms with Gasteiger partial charge in [-0.25, -0.2) is 15.0 Å². The van der Waals surface area contributed by atoms with Gasteiger partial charge in [0, 0.05) is 28.9 Å². The number of aromatic amines is 1. The van der Waals surface area contributed by atoms with Gasteiger partial charge >= 0.3 is 0 Å². The van der Waals surface area contributed by atoms with Crippen molar-refractivity contribution in [1.82, 2.24) is 24.9 Å². The number of fused-ring (bicyclic) bond motifs is 1. The van der Waals surface area contributed by atoms with Gasteiger partial charge in [-0.05, 0) is 50.5 Å². The highest BCUT2D eigenvalue weighted by atomic mass is 35.5. The number of H-pyrrole nitrogens is 1. The second-order valence-corrected chi connectivity index (χ2v) is 8.45. The van der Waals surface area contributed by atoms with Crippen LogP contribution >= 0.6 is 11.6 Å². The standard InChI is InChI=1S/C23H25ClN6O2/c1-13-16(24)9-14(7-8-25-21-19-22(28-11-27-19)30-12-29-21)20(32-4)18(13)15-5-6-17(26-10-15)23(2,3)31/h5-6,9-12,31H,7-8H2,1-4H3,(H2,25,27,28,29,30). The summed E-state index contributed by atoms with van der Waals surface area (Å²) in [6.07, 6.45) is 5.48. The third-order valence-electron chi connectivity index (χ3n) is 5.35. The van der Waals surface area contributed by atoms with Crippen molar-refractivity contribution >= 4 is 28.6 Å². The fourth-order valence-corrected chi connectivity index (χ4v) is 3.89. The van der Waals surface area contributed by atoms with Crippen LogP contribution in [0, 0.1) is 6.92 Å². The largest absolute Gasteiger partial charge is 0.496 e. The molecule has 0 saturated carbocycles. The monoisotopic (exact) mass is 452 g/mol. The topological polar surface area (TPSA) is 109 Å². The van der Waals surface area contributed by atoms with Crippen LogP contribution in [-0.2, 0) is 12.0 Å². The summed E-state index contributed by atoms with van der Waals surface area (Å²) in [5.41, 5.74) is 4.60. The highest BCUT2D eigenvalue weighted by molar-refractivity contribution is 6.32. The second kappa shape index (κ2) is 8.72. The van der Waals surface area contributed by atoms with Gasteiger partial charge in [0.1, 0.15) is 23.2 Å².